The molecule has 72 valence electrons. The average molecular weight is 225 g/mol. The van der Waals surface area contributed by atoms with E-state index in [4.69, 9.17) is 33.4 Å². The summed E-state index contributed by atoms with van der Waals surface area (Å²) in [6, 6.07) is 0. The smallest absolute Gasteiger partial charge is 0.321 e. The Kier molecular flexibility index (Phi) is 2.54. The van der Waals surface area contributed by atoms with Crippen LogP contribution in [0.3, 0.4) is 0 Å². The first-order valence-electron chi connectivity index (χ1n) is 3.39. The van der Waals surface area contributed by atoms with Gasteiger partial charge in [0.2, 0.25) is 0 Å². The van der Waals surface area contributed by atoms with Crippen LogP contribution < -0.4 is 0 Å². The van der Waals surface area contributed by atoms with Gasteiger partial charge in [0.1, 0.15) is 0 Å². The molecule has 0 bridgehead atoms. The van der Waals surface area contributed by atoms with Crippen molar-refractivity contribution < 1.29 is 19.8 Å². The van der Waals surface area contributed by atoms with E-state index < -0.39 is 23.3 Å². The van der Waals surface area contributed by atoms with Gasteiger partial charge in [-0.2, -0.15) is 0 Å². The fourth-order valence-corrected chi connectivity index (χ4v) is 1.65. The van der Waals surface area contributed by atoms with E-state index in [9.17, 15) is 9.59 Å². The monoisotopic (exact) mass is 224 g/mol. The third kappa shape index (κ3) is 1.40. The Morgan fingerprint density at radius 2 is 1.85 bits per heavy atom. The highest BCUT2D eigenvalue weighted by Crippen LogP contribution is 2.58. The summed E-state index contributed by atoms with van der Waals surface area (Å²) < 4.78 is 0. The predicted molar refractivity (Wildman–Crippen MR) is 45.6 cm³/mol. The Hall–Kier alpha value is -0.740. The molecule has 0 heterocycles. The van der Waals surface area contributed by atoms with Crippen LogP contribution >= 0.6 is 23.2 Å². The lowest BCUT2D eigenvalue weighted by molar-refractivity contribution is -0.157. The first kappa shape index (κ1) is 10.3. The van der Waals surface area contributed by atoms with Gasteiger partial charge in [-0.25, -0.2) is 0 Å². The molecule has 1 atom stereocenters. The molecule has 0 aromatic carbocycles. The summed E-state index contributed by atoms with van der Waals surface area (Å²) in [6.07, 6.45) is -0.000278. The van der Waals surface area contributed by atoms with Crippen molar-refractivity contribution in [2.75, 3.05) is 0 Å². The van der Waals surface area contributed by atoms with Crippen LogP contribution in [-0.4, -0.2) is 22.2 Å². The first-order chi connectivity index (χ1) is 5.96. The van der Waals surface area contributed by atoms with Crippen LogP contribution in [0.1, 0.15) is 6.42 Å². The SMILES string of the molecule is O=C(O)C1(C(=O)O)CC1C(Cl)=CCl. The van der Waals surface area contributed by atoms with Crippen molar-refractivity contribution in [3.05, 3.63) is 10.6 Å². The molecule has 1 saturated carbocycles. The molecule has 1 fully saturated rings. The predicted octanol–water partition coefficient (Wildman–Crippen LogP) is 1.48. The van der Waals surface area contributed by atoms with E-state index in [2.05, 4.69) is 0 Å². The molecule has 1 unspecified atom stereocenters. The maximum atomic E-state index is 10.6. The highest BCUT2D eigenvalue weighted by molar-refractivity contribution is 6.37. The van der Waals surface area contributed by atoms with Crippen molar-refractivity contribution in [3.8, 4) is 0 Å². The molecule has 6 heteroatoms. The standard InChI is InChI=1S/C7H6Cl2O4/c8-2-4(9)3-1-7(3,5(10)11)6(12)13/h2-3H,1H2,(H,10,11)(H,12,13). The molecule has 4 nitrogen and oxygen atoms in total. The minimum atomic E-state index is -1.76. The van der Waals surface area contributed by atoms with Crippen molar-refractivity contribution in [1.82, 2.24) is 0 Å². The van der Waals surface area contributed by atoms with Crippen LogP contribution in [0.25, 0.3) is 0 Å². The van der Waals surface area contributed by atoms with Crippen LogP contribution in [-0.2, 0) is 9.59 Å². The molecule has 0 radical (unpaired) electrons. The minimum absolute atomic E-state index is 0.000278. The van der Waals surface area contributed by atoms with Crippen LogP contribution in [0.4, 0.5) is 0 Å². The van der Waals surface area contributed by atoms with Crippen LogP contribution in [0.5, 0.6) is 0 Å². The van der Waals surface area contributed by atoms with E-state index in [1.807, 2.05) is 0 Å². The molecule has 1 aliphatic rings. The molecule has 1 aliphatic carbocycles. The zero-order valence-corrected chi connectivity index (χ0v) is 7.84. The number of allylic oxidation sites excluding steroid dienone is 1. The van der Waals surface area contributed by atoms with Crippen molar-refractivity contribution in [2.45, 2.75) is 6.42 Å². The summed E-state index contributed by atoms with van der Waals surface area (Å²) in [4.78, 5) is 21.3. The highest BCUT2D eigenvalue weighted by Gasteiger charge is 2.68. The number of carbonyl (C=O) groups is 2. The summed E-state index contributed by atoms with van der Waals surface area (Å²) in [5.74, 6) is -3.44. The fourth-order valence-electron chi connectivity index (χ4n) is 1.24. The number of aliphatic carboxylic acids is 2. The summed E-state index contributed by atoms with van der Waals surface area (Å²) in [7, 11) is 0. The van der Waals surface area contributed by atoms with Gasteiger partial charge in [-0.1, -0.05) is 23.2 Å². The topological polar surface area (TPSA) is 74.6 Å². The summed E-state index contributed by atoms with van der Waals surface area (Å²) in [5, 5.41) is 17.4. The number of hydrogen-bond acceptors (Lipinski definition) is 2. The first-order valence-corrected chi connectivity index (χ1v) is 4.20. The zero-order chi connectivity index (χ0) is 10.2. The molecule has 13 heavy (non-hydrogen) atoms. The normalized spacial score (nSPS) is 25.4. The van der Waals surface area contributed by atoms with E-state index in [1.54, 1.807) is 0 Å². The van der Waals surface area contributed by atoms with Crippen molar-refractivity contribution >= 4 is 35.1 Å². The third-order valence-corrected chi connectivity index (χ3v) is 2.88. The van der Waals surface area contributed by atoms with Crippen LogP contribution in [0.2, 0.25) is 0 Å². The molecule has 0 amide bonds. The second-order valence-corrected chi connectivity index (χ2v) is 3.49. The van der Waals surface area contributed by atoms with E-state index in [0.717, 1.165) is 5.54 Å². The van der Waals surface area contributed by atoms with Gasteiger partial charge in [0.05, 0.1) is 0 Å². The lowest BCUT2D eigenvalue weighted by atomic mass is 10.1. The molecule has 0 spiro atoms. The van der Waals surface area contributed by atoms with E-state index >= 15 is 0 Å². The van der Waals surface area contributed by atoms with E-state index in [-0.39, 0.29) is 11.5 Å². The summed E-state index contributed by atoms with van der Waals surface area (Å²) in [5.41, 5.74) is -0.762. The quantitative estimate of drug-likeness (QED) is 0.713. The zero-order valence-electron chi connectivity index (χ0n) is 6.33. The van der Waals surface area contributed by atoms with Crippen LogP contribution in [0.15, 0.2) is 10.6 Å². The fraction of sp³-hybridized carbons (Fsp3) is 0.429. The van der Waals surface area contributed by atoms with Gasteiger partial charge in [-0.05, 0) is 6.42 Å². The Morgan fingerprint density at radius 1 is 1.38 bits per heavy atom. The van der Waals surface area contributed by atoms with Crippen molar-refractivity contribution in [1.29, 1.82) is 0 Å². The maximum Gasteiger partial charge on any atom is 0.321 e. The average Bonchev–Trinajstić information content (AvgIpc) is 2.78. The number of carboxylic acids is 2. The number of carboxylic acid groups (broad SMARTS) is 2. The lowest BCUT2D eigenvalue weighted by Crippen LogP contribution is -2.27. The van der Waals surface area contributed by atoms with Gasteiger partial charge in [0.15, 0.2) is 5.41 Å². The summed E-state index contributed by atoms with van der Waals surface area (Å²) >= 11 is 10.8. The Balaban J connectivity index is 2.92. The second kappa shape index (κ2) is 3.20. The largest absolute Gasteiger partial charge is 0.480 e. The minimum Gasteiger partial charge on any atom is -0.480 e. The third-order valence-electron chi connectivity index (χ3n) is 2.16. The Labute approximate surface area is 83.8 Å². The summed E-state index contributed by atoms with van der Waals surface area (Å²) in [6.45, 7) is 0. The molecule has 0 saturated heterocycles. The highest BCUT2D eigenvalue weighted by atomic mass is 35.5. The second-order valence-electron chi connectivity index (χ2n) is 2.83. The van der Waals surface area contributed by atoms with Gasteiger partial charge in [-0.15, -0.1) is 0 Å². The van der Waals surface area contributed by atoms with Gasteiger partial charge >= 0.3 is 11.9 Å². The molecule has 0 aromatic heterocycles. The lowest BCUT2D eigenvalue weighted by Gasteiger charge is -2.04. The molecular weight excluding hydrogens is 219 g/mol. The van der Waals surface area contributed by atoms with E-state index in [0.29, 0.717) is 0 Å². The number of halogens is 2. The number of rotatable bonds is 3. The maximum absolute atomic E-state index is 10.6. The number of hydrogen-bond donors (Lipinski definition) is 2. The molecule has 2 N–H and O–H groups in total. The Morgan fingerprint density at radius 3 is 2.08 bits per heavy atom. The molecule has 1 rings (SSSR count). The van der Waals surface area contributed by atoms with Gasteiger partial charge in [0.25, 0.3) is 0 Å². The van der Waals surface area contributed by atoms with Crippen molar-refractivity contribution in [2.24, 2.45) is 11.3 Å². The van der Waals surface area contributed by atoms with Gasteiger partial charge in [0, 0.05) is 16.5 Å². The van der Waals surface area contributed by atoms with Crippen molar-refractivity contribution in [3.63, 3.8) is 0 Å². The van der Waals surface area contributed by atoms with E-state index in [1.165, 1.54) is 0 Å². The van der Waals surface area contributed by atoms with Gasteiger partial charge in [-0.3, -0.25) is 9.59 Å². The molecular formula is C7H6Cl2O4. The molecule has 0 aliphatic heterocycles. The van der Waals surface area contributed by atoms with Crippen LogP contribution in [0, 0.1) is 11.3 Å². The molecule has 0 aromatic rings. The van der Waals surface area contributed by atoms with Gasteiger partial charge < -0.3 is 10.2 Å². The Bertz CT molecular complexity index is 283.